The predicted molar refractivity (Wildman–Crippen MR) is 123 cm³/mol. The lowest BCUT2D eigenvalue weighted by Gasteiger charge is -2.29. The lowest BCUT2D eigenvalue weighted by atomic mass is 10.1. The van der Waals surface area contributed by atoms with Crippen molar-refractivity contribution in [2.45, 2.75) is 6.92 Å². The first-order valence-corrected chi connectivity index (χ1v) is 10.4. The number of fused-ring (bicyclic) bond motifs is 1. The van der Waals surface area contributed by atoms with Gasteiger partial charge in [0.15, 0.2) is 5.78 Å². The minimum absolute atomic E-state index is 0.156. The number of Topliss-reactive ketones (excluding diaryl/α,β-unsaturated/α-hetero) is 1. The number of ketones is 1. The highest BCUT2D eigenvalue weighted by Gasteiger charge is 2.46. The van der Waals surface area contributed by atoms with Gasteiger partial charge in [0, 0.05) is 17.7 Å². The average Bonchev–Trinajstić information content (AvgIpc) is 3.12. The Bertz CT molecular complexity index is 1470. The van der Waals surface area contributed by atoms with Crippen LogP contribution in [0.2, 0.25) is 0 Å². The number of carbonyl (C=O) groups is 4. The van der Waals surface area contributed by atoms with Gasteiger partial charge in [-0.25, -0.2) is 5.01 Å². The molecule has 3 aromatic rings. The van der Waals surface area contributed by atoms with Gasteiger partial charge in [0.1, 0.15) is 17.7 Å². The fourth-order valence-electron chi connectivity index (χ4n) is 3.78. The number of hydrogen-bond acceptors (Lipinski definition) is 8. The van der Waals surface area contributed by atoms with E-state index in [9.17, 15) is 39.4 Å². The molecule has 0 unspecified atom stereocenters. The van der Waals surface area contributed by atoms with Crippen LogP contribution in [0.4, 0.5) is 11.4 Å². The maximum Gasteiger partial charge on any atom is 0.287 e. The molecule has 0 N–H and O–H groups in total. The van der Waals surface area contributed by atoms with Gasteiger partial charge in [-0.05, 0) is 19.1 Å². The van der Waals surface area contributed by atoms with E-state index in [2.05, 4.69) is 0 Å². The Labute approximate surface area is 202 Å². The van der Waals surface area contributed by atoms with Crippen molar-refractivity contribution in [1.29, 1.82) is 0 Å². The van der Waals surface area contributed by atoms with E-state index < -0.39 is 62.4 Å². The van der Waals surface area contributed by atoms with Crippen molar-refractivity contribution in [3.8, 4) is 0 Å². The van der Waals surface area contributed by atoms with Gasteiger partial charge >= 0.3 is 0 Å². The van der Waals surface area contributed by atoms with Gasteiger partial charge in [-0.2, -0.15) is 5.01 Å². The summed E-state index contributed by atoms with van der Waals surface area (Å²) >= 11 is 0. The summed E-state index contributed by atoms with van der Waals surface area (Å²) in [5.41, 5.74) is -1.62. The molecule has 4 rings (SSSR count). The molecule has 0 spiro atoms. The summed E-state index contributed by atoms with van der Waals surface area (Å²) in [6.45, 7) is 0.956. The minimum Gasteiger partial charge on any atom is -0.292 e. The second kappa shape index (κ2) is 9.18. The van der Waals surface area contributed by atoms with E-state index in [1.807, 2.05) is 0 Å². The Morgan fingerprint density at radius 1 is 0.833 bits per heavy atom. The fraction of sp³-hybridized carbons (Fsp3) is 0.0833. The number of carbonyl (C=O) groups excluding carboxylic acids is 4. The predicted octanol–water partition coefficient (Wildman–Crippen LogP) is 3.35. The smallest absolute Gasteiger partial charge is 0.287 e. The highest BCUT2D eigenvalue weighted by atomic mass is 16.6. The van der Waals surface area contributed by atoms with Crippen LogP contribution in [-0.4, -0.2) is 49.9 Å². The summed E-state index contributed by atoms with van der Waals surface area (Å²) in [5, 5.41) is 23.8. The molecule has 0 saturated heterocycles. The largest absolute Gasteiger partial charge is 0.292 e. The van der Waals surface area contributed by atoms with Crippen molar-refractivity contribution in [1.82, 2.24) is 10.0 Å². The Hall–Kier alpha value is -5.26. The zero-order valence-corrected chi connectivity index (χ0v) is 18.6. The third kappa shape index (κ3) is 4.07. The quantitative estimate of drug-likeness (QED) is 0.212. The standard InChI is InChI=1S/C24H16N4O8/c1-14-9-11-15(12-10-14)20(29)13-25(22(30)16-5-2-3-7-18(16)27(33)34)26-23(31)17-6-4-8-19(28(35)36)21(17)24(26)32/h2-12H,13H2,1H3. The molecule has 1 heterocycles. The van der Waals surface area contributed by atoms with Gasteiger partial charge in [0.05, 0.1) is 15.4 Å². The molecule has 0 radical (unpaired) electrons. The average molecular weight is 488 g/mol. The van der Waals surface area contributed by atoms with Gasteiger partial charge in [-0.3, -0.25) is 39.4 Å². The Kier molecular flexibility index (Phi) is 6.09. The van der Waals surface area contributed by atoms with E-state index in [4.69, 9.17) is 0 Å². The van der Waals surface area contributed by atoms with Crippen LogP contribution in [0.15, 0.2) is 66.7 Å². The van der Waals surface area contributed by atoms with E-state index in [-0.39, 0.29) is 11.1 Å². The van der Waals surface area contributed by atoms with Gasteiger partial charge in [0.2, 0.25) is 0 Å². The number of rotatable bonds is 7. The summed E-state index contributed by atoms with van der Waals surface area (Å²) in [7, 11) is 0. The number of hydrazine groups is 1. The number of benzene rings is 3. The number of nitrogens with zero attached hydrogens (tertiary/aromatic N) is 4. The van der Waals surface area contributed by atoms with E-state index in [0.29, 0.717) is 10.0 Å². The third-order valence-corrected chi connectivity index (χ3v) is 5.54. The van der Waals surface area contributed by atoms with Crippen LogP contribution >= 0.6 is 0 Å². The maximum absolute atomic E-state index is 13.5. The second-order valence-corrected chi connectivity index (χ2v) is 7.81. The first-order valence-electron chi connectivity index (χ1n) is 10.4. The molecule has 1 aliphatic heterocycles. The highest BCUT2D eigenvalue weighted by Crippen LogP contribution is 2.33. The number of nitro benzene ring substituents is 2. The van der Waals surface area contributed by atoms with E-state index in [0.717, 1.165) is 23.8 Å². The molecule has 0 atom stereocenters. The van der Waals surface area contributed by atoms with Crippen LogP contribution in [0, 0.1) is 27.2 Å². The Morgan fingerprint density at radius 3 is 2.08 bits per heavy atom. The fourth-order valence-corrected chi connectivity index (χ4v) is 3.78. The van der Waals surface area contributed by atoms with E-state index in [1.165, 1.54) is 36.4 Å². The van der Waals surface area contributed by atoms with Crippen molar-refractivity contribution in [3.63, 3.8) is 0 Å². The monoisotopic (exact) mass is 488 g/mol. The van der Waals surface area contributed by atoms with Crippen LogP contribution in [0.3, 0.4) is 0 Å². The SMILES string of the molecule is Cc1ccc(C(=O)CN(C(=O)c2ccccc2[N+](=O)[O-])N2C(=O)c3cccc([N+](=O)[O-])c3C2=O)cc1. The van der Waals surface area contributed by atoms with Crippen molar-refractivity contribution in [2.24, 2.45) is 0 Å². The molecule has 12 nitrogen and oxygen atoms in total. The number of imide groups is 1. The van der Waals surface area contributed by atoms with Gasteiger partial charge in [-0.1, -0.05) is 48.0 Å². The molecule has 1 aliphatic rings. The zero-order valence-electron chi connectivity index (χ0n) is 18.6. The van der Waals surface area contributed by atoms with Crippen molar-refractivity contribution in [3.05, 3.63) is 115 Å². The molecular weight excluding hydrogens is 472 g/mol. The topological polar surface area (TPSA) is 161 Å². The second-order valence-electron chi connectivity index (χ2n) is 7.81. The summed E-state index contributed by atoms with van der Waals surface area (Å²) in [6, 6.07) is 14.5. The number of hydrogen-bond donors (Lipinski definition) is 0. The Morgan fingerprint density at radius 2 is 1.44 bits per heavy atom. The minimum atomic E-state index is -1.20. The van der Waals surface area contributed by atoms with E-state index in [1.54, 1.807) is 19.1 Å². The normalized spacial score (nSPS) is 12.3. The summed E-state index contributed by atoms with van der Waals surface area (Å²) in [6.07, 6.45) is 0. The van der Waals surface area contributed by atoms with Gasteiger partial charge in [0.25, 0.3) is 29.1 Å². The summed E-state index contributed by atoms with van der Waals surface area (Å²) in [4.78, 5) is 74.3. The van der Waals surface area contributed by atoms with Crippen LogP contribution in [-0.2, 0) is 0 Å². The molecule has 0 fully saturated rings. The number of aryl methyl sites for hydroxylation is 1. The maximum atomic E-state index is 13.5. The van der Waals surface area contributed by atoms with Gasteiger partial charge in [-0.15, -0.1) is 0 Å². The van der Waals surface area contributed by atoms with Gasteiger partial charge < -0.3 is 0 Å². The summed E-state index contributed by atoms with van der Waals surface area (Å²) < 4.78 is 0. The Balaban J connectivity index is 1.83. The molecular formula is C24H16N4O8. The van der Waals surface area contributed by atoms with Crippen LogP contribution in [0.25, 0.3) is 0 Å². The first kappa shape index (κ1) is 23.9. The zero-order chi connectivity index (χ0) is 26.1. The lowest BCUT2D eigenvalue weighted by Crippen LogP contribution is -2.51. The molecule has 0 bridgehead atoms. The summed E-state index contributed by atoms with van der Waals surface area (Å²) in [5.74, 6) is -4.14. The molecule has 36 heavy (non-hydrogen) atoms. The molecule has 0 aliphatic carbocycles. The molecule has 180 valence electrons. The highest BCUT2D eigenvalue weighted by molar-refractivity contribution is 6.24. The van der Waals surface area contributed by atoms with Crippen molar-refractivity contribution < 1.29 is 29.0 Å². The van der Waals surface area contributed by atoms with Crippen molar-refractivity contribution >= 4 is 34.9 Å². The van der Waals surface area contributed by atoms with Crippen LogP contribution in [0.5, 0.6) is 0 Å². The van der Waals surface area contributed by atoms with Crippen LogP contribution in [0.1, 0.15) is 47.0 Å². The molecule has 0 aromatic heterocycles. The van der Waals surface area contributed by atoms with E-state index >= 15 is 0 Å². The molecule has 0 saturated carbocycles. The third-order valence-electron chi connectivity index (χ3n) is 5.54. The van der Waals surface area contributed by atoms with Crippen molar-refractivity contribution in [2.75, 3.05) is 6.54 Å². The number of amides is 3. The number of nitro groups is 2. The molecule has 3 aromatic carbocycles. The molecule has 3 amide bonds. The lowest BCUT2D eigenvalue weighted by molar-refractivity contribution is -0.385. The first-order chi connectivity index (χ1) is 17.1. The number of para-hydroxylation sites is 1. The van der Waals surface area contributed by atoms with Crippen LogP contribution < -0.4 is 0 Å². The molecule has 12 heteroatoms.